The Labute approximate surface area is 211 Å². The van der Waals surface area contributed by atoms with Crippen molar-refractivity contribution in [2.75, 3.05) is 14.2 Å². The number of carbonyl (C=O) groups excluding carboxylic acids is 2. The molecule has 2 aliphatic rings. The van der Waals surface area contributed by atoms with Crippen LogP contribution in [0, 0.1) is 27.9 Å². The number of ether oxygens (including phenoxy) is 2. The number of nitrogens with zero attached hydrogens (tertiary/aromatic N) is 1. The van der Waals surface area contributed by atoms with Crippen molar-refractivity contribution in [3.05, 3.63) is 75.8 Å². The van der Waals surface area contributed by atoms with Gasteiger partial charge in [0.2, 0.25) is 6.04 Å². The van der Waals surface area contributed by atoms with Crippen LogP contribution in [-0.4, -0.2) is 36.8 Å². The lowest BCUT2D eigenvalue weighted by Crippen LogP contribution is -2.52. The van der Waals surface area contributed by atoms with E-state index in [1.165, 1.54) is 6.08 Å². The molecule has 0 radical (unpaired) electrons. The van der Waals surface area contributed by atoms with Crippen LogP contribution in [-0.2, 0) is 9.59 Å². The first-order valence-corrected chi connectivity index (χ1v) is 12.6. The number of ketones is 2. The van der Waals surface area contributed by atoms with Crippen LogP contribution in [0.4, 0.5) is 0 Å². The van der Waals surface area contributed by atoms with Crippen molar-refractivity contribution < 1.29 is 24.0 Å². The normalized spacial score (nSPS) is 25.0. The lowest BCUT2D eigenvalue weighted by Gasteiger charge is -2.41. The summed E-state index contributed by atoms with van der Waals surface area (Å²) in [4.78, 5) is 39.3. The van der Waals surface area contributed by atoms with E-state index in [1.54, 1.807) is 56.7 Å². The molecule has 4 rings (SSSR count). The molecule has 2 aromatic rings. The molecule has 190 valence electrons. The van der Waals surface area contributed by atoms with Crippen molar-refractivity contribution in [1.29, 1.82) is 0 Å². The lowest BCUT2D eigenvalue weighted by atomic mass is 9.60. The SMILES string of the molecule is COc1ccc(/C=C/C(=O)C2C(=O)C[C@H](c3ccc(OC)cc3)[C@H]([N+](=O)[O-])[C@H]2C2CCCCC2)cc1. The van der Waals surface area contributed by atoms with Crippen LogP contribution in [0.3, 0.4) is 0 Å². The molecule has 2 aliphatic carbocycles. The van der Waals surface area contributed by atoms with Crippen molar-refractivity contribution in [2.45, 2.75) is 50.5 Å². The molecule has 0 aromatic heterocycles. The highest BCUT2D eigenvalue weighted by Gasteiger charge is 2.55. The number of carbonyl (C=O) groups is 2. The molecular formula is C29H33NO6. The monoisotopic (exact) mass is 491 g/mol. The van der Waals surface area contributed by atoms with Gasteiger partial charge in [0.1, 0.15) is 17.3 Å². The van der Waals surface area contributed by atoms with Gasteiger partial charge in [-0.1, -0.05) is 49.6 Å². The maximum Gasteiger partial charge on any atom is 0.224 e. The Morgan fingerprint density at radius 1 is 0.944 bits per heavy atom. The fourth-order valence-electron chi connectivity index (χ4n) is 6.01. The maximum atomic E-state index is 13.5. The van der Waals surface area contributed by atoms with Gasteiger partial charge in [0.05, 0.1) is 26.1 Å². The van der Waals surface area contributed by atoms with E-state index in [0.29, 0.717) is 11.5 Å². The highest BCUT2D eigenvalue weighted by atomic mass is 16.6. The molecule has 0 amide bonds. The Morgan fingerprint density at radius 2 is 1.53 bits per heavy atom. The van der Waals surface area contributed by atoms with Gasteiger partial charge in [-0.15, -0.1) is 0 Å². The van der Waals surface area contributed by atoms with Crippen LogP contribution in [0.2, 0.25) is 0 Å². The molecule has 7 nitrogen and oxygen atoms in total. The Kier molecular flexibility index (Phi) is 8.18. The molecule has 7 heteroatoms. The van der Waals surface area contributed by atoms with Crippen LogP contribution in [0.1, 0.15) is 55.6 Å². The van der Waals surface area contributed by atoms with Gasteiger partial charge in [0.15, 0.2) is 5.78 Å². The van der Waals surface area contributed by atoms with Crippen LogP contribution < -0.4 is 9.47 Å². The van der Waals surface area contributed by atoms with E-state index in [1.807, 2.05) is 12.1 Å². The number of hydrogen-bond acceptors (Lipinski definition) is 6. The van der Waals surface area contributed by atoms with E-state index in [2.05, 4.69) is 0 Å². The third-order valence-corrected chi connectivity index (χ3v) is 7.80. The Balaban J connectivity index is 1.68. The zero-order valence-corrected chi connectivity index (χ0v) is 20.8. The van der Waals surface area contributed by atoms with Crippen molar-refractivity contribution in [2.24, 2.45) is 17.8 Å². The minimum absolute atomic E-state index is 0.0199. The van der Waals surface area contributed by atoms with Gasteiger partial charge >= 0.3 is 0 Å². The van der Waals surface area contributed by atoms with E-state index >= 15 is 0 Å². The van der Waals surface area contributed by atoms with Gasteiger partial charge in [0.25, 0.3) is 0 Å². The molecule has 4 atom stereocenters. The number of hydrogen-bond donors (Lipinski definition) is 0. The molecule has 0 aliphatic heterocycles. The summed E-state index contributed by atoms with van der Waals surface area (Å²) in [6.45, 7) is 0. The fourth-order valence-corrected chi connectivity index (χ4v) is 6.01. The van der Waals surface area contributed by atoms with Crippen LogP contribution in [0.25, 0.3) is 6.08 Å². The minimum atomic E-state index is -0.998. The second-order valence-corrected chi connectivity index (χ2v) is 9.79. The second-order valence-electron chi connectivity index (χ2n) is 9.79. The van der Waals surface area contributed by atoms with E-state index < -0.39 is 23.8 Å². The summed E-state index contributed by atoms with van der Waals surface area (Å²) in [6.07, 6.45) is 7.71. The minimum Gasteiger partial charge on any atom is -0.497 e. The summed E-state index contributed by atoms with van der Waals surface area (Å²) in [7, 11) is 3.15. The van der Waals surface area contributed by atoms with E-state index in [4.69, 9.17) is 9.47 Å². The van der Waals surface area contributed by atoms with Gasteiger partial charge in [-0.05, 0) is 60.2 Å². The molecule has 0 heterocycles. The van der Waals surface area contributed by atoms with Crippen LogP contribution in [0.5, 0.6) is 11.5 Å². The number of rotatable bonds is 8. The molecule has 2 fully saturated rings. The van der Waals surface area contributed by atoms with E-state index in [-0.39, 0.29) is 28.8 Å². The van der Waals surface area contributed by atoms with Crippen LogP contribution in [0.15, 0.2) is 54.6 Å². The molecule has 1 unspecified atom stereocenters. The topological polar surface area (TPSA) is 95.7 Å². The standard InChI is InChI=1S/C29H33NO6/c1-35-22-13-8-19(9-14-22)10-17-25(31)28-26(32)18-24(20-11-15-23(36-2)16-12-20)29(30(33)34)27(28)21-6-4-3-5-7-21/h8-17,21,24,27-29H,3-7,18H2,1-2H3/b17-10+/t24-,27+,28?,29+/m1/s1. The molecule has 0 bridgehead atoms. The Bertz CT molecular complexity index is 1100. The molecule has 0 spiro atoms. The zero-order valence-electron chi connectivity index (χ0n) is 20.8. The summed E-state index contributed by atoms with van der Waals surface area (Å²) in [5, 5.41) is 12.6. The number of methoxy groups -OCH3 is 2. The molecule has 0 saturated heterocycles. The maximum absolute atomic E-state index is 13.5. The van der Waals surface area contributed by atoms with Crippen molar-refractivity contribution in [3.63, 3.8) is 0 Å². The van der Waals surface area contributed by atoms with Crippen LogP contribution >= 0.6 is 0 Å². The summed E-state index contributed by atoms with van der Waals surface area (Å²) < 4.78 is 10.4. The molecular weight excluding hydrogens is 458 g/mol. The zero-order chi connectivity index (χ0) is 25.7. The highest BCUT2D eigenvalue weighted by molar-refractivity contribution is 6.10. The summed E-state index contributed by atoms with van der Waals surface area (Å²) >= 11 is 0. The lowest BCUT2D eigenvalue weighted by molar-refractivity contribution is -0.541. The van der Waals surface area contributed by atoms with E-state index in [9.17, 15) is 19.7 Å². The second kappa shape index (κ2) is 11.5. The van der Waals surface area contributed by atoms with Gasteiger partial charge < -0.3 is 9.47 Å². The van der Waals surface area contributed by atoms with Gasteiger partial charge in [-0.2, -0.15) is 0 Å². The summed E-state index contributed by atoms with van der Waals surface area (Å²) in [5.74, 6) is -1.40. The molecule has 2 saturated carbocycles. The quantitative estimate of drug-likeness (QED) is 0.209. The molecule has 2 aromatic carbocycles. The van der Waals surface area contributed by atoms with Crippen molar-refractivity contribution in [1.82, 2.24) is 0 Å². The average molecular weight is 492 g/mol. The van der Waals surface area contributed by atoms with E-state index in [0.717, 1.165) is 43.2 Å². The number of allylic oxidation sites excluding steroid dienone is 1. The average Bonchev–Trinajstić information content (AvgIpc) is 2.91. The predicted molar refractivity (Wildman–Crippen MR) is 137 cm³/mol. The first kappa shape index (κ1) is 25.6. The third kappa shape index (κ3) is 5.50. The number of benzene rings is 2. The third-order valence-electron chi connectivity index (χ3n) is 7.80. The van der Waals surface area contributed by atoms with Gasteiger partial charge in [-0.3, -0.25) is 19.7 Å². The Morgan fingerprint density at radius 3 is 2.08 bits per heavy atom. The Hall–Kier alpha value is -3.48. The predicted octanol–water partition coefficient (Wildman–Crippen LogP) is 5.50. The first-order valence-electron chi connectivity index (χ1n) is 12.6. The van der Waals surface area contributed by atoms with Crippen molar-refractivity contribution >= 4 is 17.6 Å². The highest BCUT2D eigenvalue weighted by Crippen LogP contribution is 2.47. The van der Waals surface area contributed by atoms with Gasteiger partial charge in [0, 0.05) is 17.3 Å². The summed E-state index contributed by atoms with van der Waals surface area (Å²) in [5.41, 5.74) is 1.54. The van der Waals surface area contributed by atoms with Crippen molar-refractivity contribution in [3.8, 4) is 11.5 Å². The molecule has 36 heavy (non-hydrogen) atoms. The summed E-state index contributed by atoms with van der Waals surface area (Å²) in [6, 6.07) is 13.4. The smallest absolute Gasteiger partial charge is 0.224 e. The fraction of sp³-hybridized carbons (Fsp3) is 0.448. The van der Waals surface area contributed by atoms with Gasteiger partial charge in [-0.25, -0.2) is 0 Å². The first-order chi connectivity index (χ1) is 17.4. The number of nitro groups is 1. The largest absolute Gasteiger partial charge is 0.497 e. The molecule has 0 N–H and O–H groups in total. The number of Topliss-reactive ketones (excluding diaryl/α,β-unsaturated/α-hetero) is 1.